The molecule has 2 aromatic carbocycles. The summed E-state index contributed by atoms with van der Waals surface area (Å²) in [6, 6.07) is 13.8. The summed E-state index contributed by atoms with van der Waals surface area (Å²) in [5.74, 6) is -0.264. The average molecular weight is 526 g/mol. The van der Waals surface area contributed by atoms with Gasteiger partial charge < -0.3 is 4.90 Å². The Morgan fingerprint density at radius 2 is 1.80 bits per heavy atom. The number of amides is 1. The topological polar surface area (TPSA) is 20.3 Å². The van der Waals surface area contributed by atoms with Crippen molar-refractivity contribution in [2.24, 2.45) is 5.41 Å². The van der Waals surface area contributed by atoms with Gasteiger partial charge in [-0.15, -0.1) is 6.58 Å². The zero-order chi connectivity index (χ0) is 25.8. The highest BCUT2D eigenvalue weighted by Crippen LogP contribution is 2.54. The number of carbonyl (C=O) groups is 1. The Kier molecular flexibility index (Phi) is 8.98. The van der Waals surface area contributed by atoms with Crippen LogP contribution in [0.1, 0.15) is 75.5 Å². The van der Waals surface area contributed by atoms with Gasteiger partial charge in [-0.25, -0.2) is 0 Å². The highest BCUT2D eigenvalue weighted by Gasteiger charge is 2.52. The molecule has 0 aliphatic carbocycles. The summed E-state index contributed by atoms with van der Waals surface area (Å²) in [4.78, 5) is 16.0. The van der Waals surface area contributed by atoms with Crippen LogP contribution < -0.4 is 0 Å². The van der Waals surface area contributed by atoms with Crippen LogP contribution in [0, 0.1) is 5.41 Å². The Balaban J connectivity index is 2.22. The molecule has 35 heavy (non-hydrogen) atoms. The molecule has 1 heterocycles. The van der Waals surface area contributed by atoms with Gasteiger partial charge in [0, 0.05) is 28.4 Å². The van der Waals surface area contributed by atoms with E-state index in [1.807, 2.05) is 44.2 Å². The van der Waals surface area contributed by atoms with Gasteiger partial charge in [0.2, 0.25) is 5.91 Å². The van der Waals surface area contributed by atoms with Gasteiger partial charge in [0.05, 0.1) is 11.5 Å². The number of benzene rings is 2. The lowest BCUT2D eigenvalue weighted by atomic mass is 9.64. The number of nitrogens with zero attached hydrogens (tertiary/aromatic N) is 1. The molecular formula is C28H32Cl2F3NO. The monoisotopic (exact) mass is 525 g/mol. The van der Waals surface area contributed by atoms with E-state index >= 15 is 0 Å². The summed E-state index contributed by atoms with van der Waals surface area (Å²) in [6.07, 6.45) is -1.65. The van der Waals surface area contributed by atoms with Crippen LogP contribution in [0.4, 0.5) is 13.2 Å². The summed E-state index contributed by atoms with van der Waals surface area (Å²) < 4.78 is 39.8. The molecule has 4 unspecified atom stereocenters. The maximum atomic E-state index is 14.2. The van der Waals surface area contributed by atoms with Crippen molar-refractivity contribution in [2.75, 3.05) is 0 Å². The second-order valence-electron chi connectivity index (χ2n) is 9.42. The molecule has 2 nitrogen and oxygen atoms in total. The van der Waals surface area contributed by atoms with E-state index in [1.165, 1.54) is 0 Å². The summed E-state index contributed by atoms with van der Waals surface area (Å²) in [5, 5.41) is 1.14. The van der Waals surface area contributed by atoms with Crippen molar-refractivity contribution in [3.8, 4) is 0 Å². The van der Waals surface area contributed by atoms with E-state index in [-0.39, 0.29) is 18.2 Å². The standard InChI is InChI=1S/C28H32Cl2F3NO/c1-4-15-27(6-3)18-24(20-8-7-9-22(30)17-20)25(19-10-12-21(29)13-11-19)34(26(27)35)23(5-2)14-16-28(31,32)33/h4,7-13,17,23-25H,1,5-6,14-16,18H2,2-3H3. The van der Waals surface area contributed by atoms with Gasteiger partial charge in [-0.05, 0) is 67.5 Å². The van der Waals surface area contributed by atoms with Gasteiger partial charge in [-0.3, -0.25) is 4.79 Å². The Labute approximate surface area is 216 Å². The number of carbonyl (C=O) groups excluding carboxylic acids is 1. The SMILES string of the molecule is C=CCC1(CC)CC(c2cccc(Cl)c2)C(c2ccc(Cl)cc2)N(C(CC)CCC(F)(F)F)C1=O. The van der Waals surface area contributed by atoms with E-state index < -0.39 is 30.1 Å². The summed E-state index contributed by atoms with van der Waals surface area (Å²) in [5.41, 5.74) is 1.06. The van der Waals surface area contributed by atoms with E-state index in [0.717, 1.165) is 11.1 Å². The Bertz CT molecular complexity index is 1020. The number of likely N-dealkylation sites (tertiary alicyclic amines) is 1. The molecule has 7 heteroatoms. The largest absolute Gasteiger partial charge is 0.389 e. The molecule has 0 radical (unpaired) electrons. The highest BCUT2D eigenvalue weighted by molar-refractivity contribution is 6.30. The van der Waals surface area contributed by atoms with Crippen molar-refractivity contribution in [2.45, 2.75) is 76.6 Å². The number of allylic oxidation sites excluding steroid dienone is 1. The van der Waals surface area contributed by atoms with E-state index in [2.05, 4.69) is 6.58 Å². The second kappa shape index (κ2) is 11.4. The Morgan fingerprint density at radius 3 is 2.34 bits per heavy atom. The fraction of sp³-hybridized carbons (Fsp3) is 0.464. The molecule has 1 fully saturated rings. The summed E-state index contributed by atoms with van der Waals surface area (Å²) in [6.45, 7) is 7.70. The third kappa shape index (κ3) is 6.24. The maximum Gasteiger partial charge on any atom is 0.389 e. The van der Waals surface area contributed by atoms with Crippen molar-refractivity contribution < 1.29 is 18.0 Å². The minimum atomic E-state index is -4.29. The lowest BCUT2D eigenvalue weighted by Crippen LogP contribution is -2.56. The first-order valence-electron chi connectivity index (χ1n) is 12.1. The van der Waals surface area contributed by atoms with E-state index in [9.17, 15) is 18.0 Å². The Morgan fingerprint density at radius 1 is 1.11 bits per heavy atom. The van der Waals surface area contributed by atoms with Crippen LogP contribution in [0.3, 0.4) is 0 Å². The molecule has 2 aromatic rings. The second-order valence-corrected chi connectivity index (χ2v) is 10.3. The van der Waals surface area contributed by atoms with Crippen molar-refractivity contribution in [1.29, 1.82) is 0 Å². The number of alkyl halides is 3. The summed E-state index contributed by atoms with van der Waals surface area (Å²) >= 11 is 12.5. The van der Waals surface area contributed by atoms with Crippen molar-refractivity contribution >= 4 is 29.1 Å². The van der Waals surface area contributed by atoms with Crippen LogP contribution in [-0.2, 0) is 4.79 Å². The number of rotatable bonds is 9. The number of hydrogen-bond acceptors (Lipinski definition) is 1. The lowest BCUT2D eigenvalue weighted by molar-refractivity contribution is -0.161. The molecular weight excluding hydrogens is 494 g/mol. The predicted molar refractivity (Wildman–Crippen MR) is 137 cm³/mol. The van der Waals surface area contributed by atoms with Gasteiger partial charge in [0.25, 0.3) is 0 Å². The average Bonchev–Trinajstić information content (AvgIpc) is 2.81. The first kappa shape index (κ1) is 27.6. The molecule has 0 aromatic heterocycles. The quantitative estimate of drug-likeness (QED) is 0.299. The fourth-order valence-electron chi connectivity index (χ4n) is 5.45. The van der Waals surface area contributed by atoms with Crippen LogP contribution in [0.25, 0.3) is 0 Å². The van der Waals surface area contributed by atoms with Crippen molar-refractivity contribution in [1.82, 2.24) is 4.90 Å². The zero-order valence-electron chi connectivity index (χ0n) is 20.1. The maximum absolute atomic E-state index is 14.2. The van der Waals surface area contributed by atoms with E-state index in [0.29, 0.717) is 35.7 Å². The first-order valence-corrected chi connectivity index (χ1v) is 12.8. The number of halogens is 5. The van der Waals surface area contributed by atoms with E-state index in [4.69, 9.17) is 23.2 Å². The Hall–Kier alpha value is -1.98. The molecule has 0 N–H and O–H groups in total. The minimum absolute atomic E-state index is 0.104. The third-order valence-corrected chi connectivity index (χ3v) is 7.79. The number of piperidine rings is 1. The van der Waals surface area contributed by atoms with Crippen molar-refractivity contribution in [3.05, 3.63) is 82.4 Å². The molecule has 4 atom stereocenters. The van der Waals surface area contributed by atoms with Crippen LogP contribution in [-0.4, -0.2) is 23.0 Å². The van der Waals surface area contributed by atoms with E-state index in [1.54, 1.807) is 29.2 Å². The van der Waals surface area contributed by atoms with Gasteiger partial charge in [-0.2, -0.15) is 13.2 Å². The van der Waals surface area contributed by atoms with Gasteiger partial charge in [0.15, 0.2) is 0 Å². The molecule has 1 aliphatic heterocycles. The van der Waals surface area contributed by atoms with Crippen LogP contribution >= 0.6 is 23.2 Å². The fourth-order valence-corrected chi connectivity index (χ4v) is 5.78. The van der Waals surface area contributed by atoms with Crippen molar-refractivity contribution in [3.63, 3.8) is 0 Å². The molecule has 0 spiro atoms. The third-order valence-electron chi connectivity index (χ3n) is 7.31. The first-order chi connectivity index (χ1) is 16.5. The number of hydrogen-bond donors (Lipinski definition) is 0. The summed E-state index contributed by atoms with van der Waals surface area (Å²) in [7, 11) is 0. The molecule has 1 amide bonds. The normalized spacial score (nSPS) is 23.9. The molecule has 0 saturated carbocycles. The zero-order valence-corrected chi connectivity index (χ0v) is 21.6. The molecule has 3 rings (SSSR count). The smallest absolute Gasteiger partial charge is 0.332 e. The molecule has 190 valence electrons. The van der Waals surface area contributed by atoms with Crippen LogP contribution in [0.15, 0.2) is 61.2 Å². The van der Waals surface area contributed by atoms with Gasteiger partial charge in [-0.1, -0.05) is 67.4 Å². The van der Waals surface area contributed by atoms with Crippen LogP contribution in [0.5, 0.6) is 0 Å². The molecule has 1 saturated heterocycles. The molecule has 0 bridgehead atoms. The highest BCUT2D eigenvalue weighted by atomic mass is 35.5. The van der Waals surface area contributed by atoms with Crippen LogP contribution in [0.2, 0.25) is 10.0 Å². The lowest BCUT2D eigenvalue weighted by Gasteiger charge is -2.53. The minimum Gasteiger partial charge on any atom is -0.332 e. The van der Waals surface area contributed by atoms with Gasteiger partial charge in [0.1, 0.15) is 0 Å². The van der Waals surface area contributed by atoms with Gasteiger partial charge >= 0.3 is 6.18 Å². The predicted octanol–water partition coefficient (Wildman–Crippen LogP) is 9.14. The molecule has 1 aliphatic rings.